The van der Waals surface area contributed by atoms with E-state index in [4.69, 9.17) is 9.72 Å². The molecule has 0 aliphatic rings. The van der Waals surface area contributed by atoms with Gasteiger partial charge >= 0.3 is 12.3 Å². The third-order valence-corrected chi connectivity index (χ3v) is 6.14. The molecular weight excluding hydrogens is 495 g/mol. The number of fused-ring (bicyclic) bond motifs is 1. The zero-order chi connectivity index (χ0) is 27.5. The molecule has 6 nitrogen and oxygen atoms in total. The van der Waals surface area contributed by atoms with Gasteiger partial charge in [-0.1, -0.05) is 57.2 Å². The van der Waals surface area contributed by atoms with Crippen LogP contribution in [-0.2, 0) is 16.0 Å². The first kappa shape index (κ1) is 27.0. The summed E-state index contributed by atoms with van der Waals surface area (Å²) >= 11 is 0. The zero-order valence-electron chi connectivity index (χ0n) is 21.7. The SMILES string of the molecule is COC(=O)CCc1ccc2c(c1)nc(Nc1ccc(OC(F)(F)F)cc1)n2C(c1ccccc1)C(C)(C)C. The summed E-state index contributed by atoms with van der Waals surface area (Å²) in [5, 5.41) is 3.29. The highest BCUT2D eigenvalue weighted by atomic mass is 19.4. The number of aryl methyl sites for hydroxylation is 1. The molecule has 1 atom stereocenters. The summed E-state index contributed by atoms with van der Waals surface area (Å²) in [7, 11) is 1.36. The molecule has 3 aromatic carbocycles. The Kier molecular flexibility index (Phi) is 7.66. The first-order valence-corrected chi connectivity index (χ1v) is 12.2. The number of benzene rings is 3. The molecule has 1 unspecified atom stereocenters. The van der Waals surface area contributed by atoms with Gasteiger partial charge in [-0.25, -0.2) is 4.98 Å². The number of carbonyl (C=O) groups is 1. The number of hydrogen-bond acceptors (Lipinski definition) is 5. The maximum Gasteiger partial charge on any atom is 0.573 e. The number of halogens is 3. The van der Waals surface area contributed by atoms with E-state index in [9.17, 15) is 18.0 Å². The Morgan fingerprint density at radius 3 is 2.29 bits per heavy atom. The monoisotopic (exact) mass is 525 g/mol. The van der Waals surface area contributed by atoms with Gasteiger partial charge in [0.2, 0.25) is 5.95 Å². The van der Waals surface area contributed by atoms with Gasteiger partial charge in [0.25, 0.3) is 0 Å². The third kappa shape index (κ3) is 6.45. The van der Waals surface area contributed by atoms with Gasteiger partial charge in [0, 0.05) is 12.1 Å². The molecule has 0 saturated carbocycles. The van der Waals surface area contributed by atoms with Gasteiger partial charge in [-0.15, -0.1) is 13.2 Å². The van der Waals surface area contributed by atoms with Crippen molar-refractivity contribution >= 4 is 28.6 Å². The normalized spacial score (nSPS) is 12.8. The van der Waals surface area contributed by atoms with E-state index in [2.05, 4.69) is 47.5 Å². The third-order valence-electron chi connectivity index (χ3n) is 6.14. The summed E-state index contributed by atoms with van der Waals surface area (Å²) < 4.78 is 48.7. The fourth-order valence-electron chi connectivity index (χ4n) is 4.54. The lowest BCUT2D eigenvalue weighted by atomic mass is 9.82. The molecule has 0 amide bonds. The number of hydrogen-bond donors (Lipinski definition) is 1. The summed E-state index contributed by atoms with van der Waals surface area (Å²) in [5.41, 5.74) is 3.99. The predicted molar refractivity (Wildman–Crippen MR) is 141 cm³/mol. The first-order valence-electron chi connectivity index (χ1n) is 12.2. The van der Waals surface area contributed by atoms with E-state index >= 15 is 0 Å². The quantitative estimate of drug-likeness (QED) is 0.243. The van der Waals surface area contributed by atoms with E-state index in [0.717, 1.165) is 22.2 Å². The molecule has 1 N–H and O–H groups in total. The average molecular weight is 526 g/mol. The Balaban J connectivity index is 1.79. The van der Waals surface area contributed by atoms with E-state index in [0.29, 0.717) is 18.1 Å². The van der Waals surface area contributed by atoms with Crippen molar-refractivity contribution in [2.24, 2.45) is 5.41 Å². The highest BCUT2D eigenvalue weighted by molar-refractivity contribution is 5.81. The van der Waals surface area contributed by atoms with Crippen LogP contribution >= 0.6 is 0 Å². The molecule has 1 heterocycles. The van der Waals surface area contributed by atoms with Crippen LogP contribution in [0.15, 0.2) is 72.8 Å². The van der Waals surface area contributed by atoms with Crippen molar-refractivity contribution < 1.29 is 27.4 Å². The largest absolute Gasteiger partial charge is 0.573 e. The van der Waals surface area contributed by atoms with Crippen LogP contribution in [0.25, 0.3) is 11.0 Å². The molecule has 1 aromatic heterocycles. The van der Waals surface area contributed by atoms with Crippen molar-refractivity contribution in [2.75, 3.05) is 12.4 Å². The summed E-state index contributed by atoms with van der Waals surface area (Å²) in [4.78, 5) is 16.5. The maximum atomic E-state index is 12.6. The number of nitrogens with one attached hydrogen (secondary N) is 1. The van der Waals surface area contributed by atoms with Gasteiger partial charge in [-0.05, 0) is 59.4 Å². The summed E-state index contributed by atoms with van der Waals surface area (Å²) in [6, 6.07) is 21.4. The van der Waals surface area contributed by atoms with Crippen molar-refractivity contribution in [2.45, 2.75) is 46.0 Å². The van der Waals surface area contributed by atoms with Gasteiger partial charge in [0.05, 0.1) is 24.2 Å². The number of anilines is 2. The van der Waals surface area contributed by atoms with Crippen LogP contribution in [0.4, 0.5) is 24.8 Å². The second-order valence-electron chi connectivity index (χ2n) is 10.1. The van der Waals surface area contributed by atoms with Crippen molar-refractivity contribution in [1.29, 1.82) is 0 Å². The minimum absolute atomic E-state index is 0.120. The summed E-state index contributed by atoms with van der Waals surface area (Å²) in [5.74, 6) is -0.0464. The number of nitrogens with zero attached hydrogens (tertiary/aromatic N) is 2. The van der Waals surface area contributed by atoms with Crippen LogP contribution in [0.3, 0.4) is 0 Å². The van der Waals surface area contributed by atoms with Crippen LogP contribution in [0.2, 0.25) is 0 Å². The number of ether oxygens (including phenoxy) is 2. The van der Waals surface area contributed by atoms with Crippen LogP contribution in [-0.4, -0.2) is 29.0 Å². The average Bonchev–Trinajstić information content (AvgIpc) is 3.19. The number of imidazole rings is 1. The molecule has 0 aliphatic carbocycles. The number of aromatic nitrogens is 2. The molecule has 200 valence electrons. The molecule has 9 heteroatoms. The highest BCUT2D eigenvalue weighted by Crippen LogP contribution is 2.41. The van der Waals surface area contributed by atoms with Gasteiger partial charge in [0.1, 0.15) is 5.75 Å². The minimum Gasteiger partial charge on any atom is -0.469 e. The van der Waals surface area contributed by atoms with Gasteiger partial charge in [-0.3, -0.25) is 4.79 Å². The Labute approximate surface area is 219 Å². The summed E-state index contributed by atoms with van der Waals surface area (Å²) in [6.45, 7) is 6.44. The molecule has 0 spiro atoms. The number of esters is 1. The minimum atomic E-state index is -4.76. The number of carbonyl (C=O) groups excluding carboxylic acids is 1. The van der Waals surface area contributed by atoms with Crippen molar-refractivity contribution in [3.05, 3.63) is 83.9 Å². The van der Waals surface area contributed by atoms with Crippen LogP contribution < -0.4 is 10.1 Å². The van der Waals surface area contributed by atoms with E-state index in [1.54, 1.807) is 0 Å². The van der Waals surface area contributed by atoms with Crippen LogP contribution in [0.5, 0.6) is 5.75 Å². The molecule has 0 aliphatic heterocycles. The second-order valence-corrected chi connectivity index (χ2v) is 10.1. The second kappa shape index (κ2) is 10.8. The van der Waals surface area contributed by atoms with Crippen molar-refractivity contribution in [3.63, 3.8) is 0 Å². The van der Waals surface area contributed by atoms with Crippen LogP contribution in [0, 0.1) is 5.41 Å². The topological polar surface area (TPSA) is 65.4 Å². The highest BCUT2D eigenvalue weighted by Gasteiger charge is 2.32. The molecular formula is C29H30F3N3O3. The molecule has 0 fully saturated rings. The predicted octanol–water partition coefficient (Wildman–Crippen LogP) is 7.42. The molecule has 0 saturated heterocycles. The Morgan fingerprint density at radius 2 is 1.68 bits per heavy atom. The zero-order valence-corrected chi connectivity index (χ0v) is 21.7. The first-order chi connectivity index (χ1) is 17.9. The van der Waals surface area contributed by atoms with E-state index in [1.807, 2.05) is 36.4 Å². The Bertz CT molecular complexity index is 1390. The Hall–Kier alpha value is -4.01. The molecule has 0 bridgehead atoms. The number of rotatable bonds is 8. The lowest BCUT2D eigenvalue weighted by Crippen LogP contribution is -2.26. The van der Waals surface area contributed by atoms with Gasteiger partial charge < -0.3 is 19.4 Å². The van der Waals surface area contributed by atoms with Crippen molar-refractivity contribution in [1.82, 2.24) is 9.55 Å². The molecule has 0 radical (unpaired) electrons. The molecule has 38 heavy (non-hydrogen) atoms. The lowest BCUT2D eigenvalue weighted by Gasteiger charge is -2.34. The van der Waals surface area contributed by atoms with E-state index in [-0.39, 0.29) is 29.6 Å². The smallest absolute Gasteiger partial charge is 0.469 e. The maximum absolute atomic E-state index is 12.6. The van der Waals surface area contributed by atoms with E-state index < -0.39 is 6.36 Å². The summed E-state index contributed by atoms with van der Waals surface area (Å²) in [6.07, 6.45) is -3.99. The fourth-order valence-corrected chi connectivity index (χ4v) is 4.54. The molecule has 4 aromatic rings. The van der Waals surface area contributed by atoms with Crippen LogP contribution in [0.1, 0.15) is 44.4 Å². The van der Waals surface area contributed by atoms with Gasteiger partial charge in [-0.2, -0.15) is 0 Å². The van der Waals surface area contributed by atoms with Gasteiger partial charge in [0.15, 0.2) is 0 Å². The number of methoxy groups -OCH3 is 1. The standard InChI is InChI=1S/C29H30F3N3O3/c1-28(2,3)26(20-8-6-5-7-9-20)35-24-16-10-19(11-17-25(36)37-4)18-23(24)34-27(35)33-21-12-14-22(15-13-21)38-29(30,31)32/h5-10,12-16,18,26H,11,17H2,1-4H3,(H,33,34). The van der Waals surface area contributed by atoms with Crippen molar-refractivity contribution in [3.8, 4) is 5.75 Å². The fraction of sp³-hybridized carbons (Fsp3) is 0.310. The van der Waals surface area contributed by atoms with E-state index in [1.165, 1.54) is 31.4 Å². The molecule has 4 rings (SSSR count). The number of alkyl halides is 3. The Morgan fingerprint density at radius 1 is 1.00 bits per heavy atom. The lowest BCUT2D eigenvalue weighted by molar-refractivity contribution is -0.274.